The van der Waals surface area contributed by atoms with E-state index in [2.05, 4.69) is 20.5 Å². The van der Waals surface area contributed by atoms with Crippen molar-refractivity contribution in [2.75, 3.05) is 19.6 Å². The van der Waals surface area contributed by atoms with E-state index >= 15 is 0 Å². The van der Waals surface area contributed by atoms with Gasteiger partial charge in [0.05, 0.1) is 28.0 Å². The molecule has 0 spiro atoms. The molecule has 2 heterocycles. The lowest BCUT2D eigenvalue weighted by atomic mass is 9.80. The maximum Gasteiger partial charge on any atom is 0.416 e. The summed E-state index contributed by atoms with van der Waals surface area (Å²) in [6.07, 6.45) is 1.20. The molecule has 190 valence electrons. The summed E-state index contributed by atoms with van der Waals surface area (Å²) < 4.78 is 38.4. The monoisotopic (exact) mass is 510 g/mol. The van der Waals surface area contributed by atoms with Crippen LogP contribution < -0.4 is 10.6 Å². The fourth-order valence-corrected chi connectivity index (χ4v) is 5.66. The second-order valence-electron chi connectivity index (χ2n) is 9.21. The number of thiazole rings is 1. The highest BCUT2D eigenvalue weighted by Crippen LogP contribution is 2.41. The van der Waals surface area contributed by atoms with Gasteiger partial charge in [0.15, 0.2) is 0 Å². The van der Waals surface area contributed by atoms with Crippen LogP contribution in [0.3, 0.4) is 0 Å². The van der Waals surface area contributed by atoms with Crippen molar-refractivity contribution < 1.29 is 27.9 Å². The van der Waals surface area contributed by atoms with Crippen LogP contribution in [0.2, 0.25) is 0 Å². The molecule has 2 aliphatic rings. The molecule has 1 aliphatic heterocycles. The van der Waals surface area contributed by atoms with Gasteiger partial charge in [-0.05, 0) is 50.3 Å². The van der Waals surface area contributed by atoms with Crippen LogP contribution >= 0.6 is 11.3 Å². The fourth-order valence-electron chi connectivity index (χ4n) is 4.66. The SMILES string of the molecule is CCc1ncc(C2(O)CCC(N3CC(NC(=O)CNC(=O)c4cccc(C(F)(F)F)c4)C3)CC2)s1. The lowest BCUT2D eigenvalue weighted by Gasteiger charge is -2.48. The Kier molecular flexibility index (Phi) is 7.48. The van der Waals surface area contributed by atoms with Crippen LogP contribution in [-0.2, 0) is 23.0 Å². The molecule has 1 saturated heterocycles. The summed E-state index contributed by atoms with van der Waals surface area (Å²) in [5, 5.41) is 17.3. The van der Waals surface area contributed by atoms with Crippen molar-refractivity contribution in [2.45, 2.75) is 62.9 Å². The summed E-state index contributed by atoms with van der Waals surface area (Å²) in [6, 6.07) is 4.40. The first kappa shape index (κ1) is 25.6. The molecule has 11 heteroatoms. The Morgan fingerprint density at radius 3 is 2.60 bits per heavy atom. The van der Waals surface area contributed by atoms with Gasteiger partial charge < -0.3 is 15.7 Å². The van der Waals surface area contributed by atoms with Crippen LogP contribution in [0.25, 0.3) is 0 Å². The highest BCUT2D eigenvalue weighted by molar-refractivity contribution is 7.11. The van der Waals surface area contributed by atoms with E-state index in [0.29, 0.717) is 32.0 Å². The highest BCUT2D eigenvalue weighted by Gasteiger charge is 2.41. The van der Waals surface area contributed by atoms with Gasteiger partial charge in [-0.3, -0.25) is 14.5 Å². The van der Waals surface area contributed by atoms with E-state index in [1.807, 2.05) is 6.92 Å². The van der Waals surface area contributed by atoms with Gasteiger partial charge in [-0.1, -0.05) is 13.0 Å². The first-order valence-electron chi connectivity index (χ1n) is 11.7. The normalized spacial score (nSPS) is 23.5. The Morgan fingerprint density at radius 2 is 1.97 bits per heavy atom. The number of rotatable bonds is 7. The van der Waals surface area contributed by atoms with Gasteiger partial charge in [-0.15, -0.1) is 11.3 Å². The molecule has 2 aromatic rings. The number of carbonyl (C=O) groups is 2. The number of amides is 2. The van der Waals surface area contributed by atoms with Crippen molar-refractivity contribution in [1.29, 1.82) is 0 Å². The molecule has 35 heavy (non-hydrogen) atoms. The fraction of sp³-hybridized carbons (Fsp3) is 0.542. The third-order valence-corrected chi connectivity index (χ3v) is 8.08. The lowest BCUT2D eigenvalue weighted by Crippen LogP contribution is -2.63. The molecule has 1 aromatic carbocycles. The molecule has 0 unspecified atom stereocenters. The van der Waals surface area contributed by atoms with Gasteiger partial charge in [0, 0.05) is 30.9 Å². The zero-order valence-electron chi connectivity index (χ0n) is 19.4. The van der Waals surface area contributed by atoms with E-state index in [-0.39, 0.29) is 24.1 Å². The number of benzene rings is 1. The van der Waals surface area contributed by atoms with Gasteiger partial charge in [-0.2, -0.15) is 13.2 Å². The number of nitrogens with one attached hydrogen (secondary N) is 2. The molecule has 1 saturated carbocycles. The summed E-state index contributed by atoms with van der Waals surface area (Å²) in [5.74, 6) is -1.12. The number of hydrogen-bond acceptors (Lipinski definition) is 6. The van der Waals surface area contributed by atoms with Crippen molar-refractivity contribution in [3.05, 3.63) is 51.5 Å². The van der Waals surface area contributed by atoms with E-state index in [1.165, 1.54) is 6.07 Å². The van der Waals surface area contributed by atoms with E-state index in [4.69, 9.17) is 0 Å². The summed E-state index contributed by atoms with van der Waals surface area (Å²) >= 11 is 1.58. The first-order chi connectivity index (χ1) is 16.6. The van der Waals surface area contributed by atoms with E-state index in [9.17, 15) is 27.9 Å². The average molecular weight is 511 g/mol. The molecule has 0 atom stereocenters. The number of carbonyl (C=O) groups excluding carboxylic acids is 2. The van der Waals surface area contributed by atoms with E-state index in [0.717, 1.165) is 47.3 Å². The zero-order valence-corrected chi connectivity index (χ0v) is 20.2. The number of alkyl halides is 3. The summed E-state index contributed by atoms with van der Waals surface area (Å²) in [4.78, 5) is 31.9. The van der Waals surface area contributed by atoms with Crippen LogP contribution in [0.15, 0.2) is 30.5 Å². The van der Waals surface area contributed by atoms with Gasteiger partial charge in [0.1, 0.15) is 5.60 Å². The molecular formula is C24H29F3N4O3S. The number of aryl methyl sites for hydroxylation is 1. The number of likely N-dealkylation sites (tertiary alicyclic amines) is 1. The summed E-state index contributed by atoms with van der Waals surface area (Å²) in [7, 11) is 0. The number of aromatic nitrogens is 1. The smallest absolute Gasteiger partial charge is 0.384 e. The molecule has 0 bridgehead atoms. The Hall–Kier alpha value is -2.50. The molecule has 1 aromatic heterocycles. The lowest BCUT2D eigenvalue weighted by molar-refractivity contribution is -0.137. The Balaban J connectivity index is 1.17. The summed E-state index contributed by atoms with van der Waals surface area (Å²) in [6.45, 7) is 3.12. The number of hydrogen-bond donors (Lipinski definition) is 3. The molecule has 2 amide bonds. The Morgan fingerprint density at radius 1 is 1.26 bits per heavy atom. The number of halogens is 3. The zero-order chi connectivity index (χ0) is 25.2. The number of nitrogens with zero attached hydrogens (tertiary/aromatic N) is 2. The minimum absolute atomic E-state index is 0.0395. The van der Waals surface area contributed by atoms with Crippen LogP contribution in [0.4, 0.5) is 13.2 Å². The van der Waals surface area contributed by atoms with Crippen LogP contribution in [-0.4, -0.2) is 58.5 Å². The summed E-state index contributed by atoms with van der Waals surface area (Å²) in [5.41, 5.74) is -1.87. The average Bonchev–Trinajstić information content (AvgIpc) is 3.30. The Labute approximate surface area is 205 Å². The predicted octanol–water partition coefficient (Wildman–Crippen LogP) is 3.08. The van der Waals surface area contributed by atoms with Crippen LogP contribution in [0.5, 0.6) is 0 Å². The third kappa shape index (κ3) is 6.02. The van der Waals surface area contributed by atoms with Gasteiger partial charge in [-0.25, -0.2) is 4.98 Å². The quantitative estimate of drug-likeness (QED) is 0.532. The molecule has 3 N–H and O–H groups in total. The highest BCUT2D eigenvalue weighted by atomic mass is 32.1. The molecular weight excluding hydrogens is 481 g/mol. The molecule has 0 radical (unpaired) electrons. The second kappa shape index (κ2) is 10.2. The molecule has 1 aliphatic carbocycles. The van der Waals surface area contributed by atoms with Gasteiger partial charge in [0.2, 0.25) is 5.91 Å². The van der Waals surface area contributed by atoms with Crippen LogP contribution in [0.1, 0.15) is 58.4 Å². The predicted molar refractivity (Wildman–Crippen MR) is 125 cm³/mol. The number of aliphatic hydroxyl groups is 1. The van der Waals surface area contributed by atoms with Crippen molar-refractivity contribution in [3.63, 3.8) is 0 Å². The van der Waals surface area contributed by atoms with Crippen molar-refractivity contribution in [1.82, 2.24) is 20.5 Å². The van der Waals surface area contributed by atoms with Crippen LogP contribution in [0, 0.1) is 0 Å². The van der Waals surface area contributed by atoms with E-state index in [1.54, 1.807) is 17.5 Å². The second-order valence-corrected chi connectivity index (χ2v) is 10.3. The van der Waals surface area contributed by atoms with Gasteiger partial charge >= 0.3 is 6.18 Å². The topological polar surface area (TPSA) is 94.6 Å². The maximum absolute atomic E-state index is 12.8. The van der Waals surface area contributed by atoms with Crippen molar-refractivity contribution >= 4 is 23.2 Å². The molecule has 2 fully saturated rings. The Bertz CT molecular complexity index is 1060. The standard InChI is InChI=1S/C24H29F3N4O3S/c1-2-21-28-11-19(35-21)23(34)8-6-18(7-9-23)31-13-17(14-31)30-20(32)12-29-22(33)15-4-3-5-16(10-15)24(25,26)27/h3-5,10-11,17-18,34H,2,6-9,12-14H2,1H3,(H,29,33)(H,30,32). The third-order valence-electron chi connectivity index (χ3n) is 6.75. The molecule has 7 nitrogen and oxygen atoms in total. The largest absolute Gasteiger partial charge is 0.416 e. The van der Waals surface area contributed by atoms with E-state index < -0.39 is 23.2 Å². The van der Waals surface area contributed by atoms with Gasteiger partial charge in [0.25, 0.3) is 5.91 Å². The molecule has 4 rings (SSSR count). The maximum atomic E-state index is 12.8. The first-order valence-corrected chi connectivity index (χ1v) is 12.6. The van der Waals surface area contributed by atoms with Crippen molar-refractivity contribution in [3.8, 4) is 0 Å². The minimum Gasteiger partial charge on any atom is -0.384 e. The van der Waals surface area contributed by atoms with Crippen molar-refractivity contribution in [2.24, 2.45) is 0 Å². The minimum atomic E-state index is -4.54.